The van der Waals surface area contributed by atoms with Crippen molar-refractivity contribution in [1.29, 1.82) is 0 Å². The lowest BCUT2D eigenvalue weighted by molar-refractivity contribution is 0.105. The molecule has 0 bridgehead atoms. The maximum atomic E-state index is 9.24. The van der Waals surface area contributed by atoms with E-state index >= 15 is 0 Å². The van der Waals surface area contributed by atoms with Crippen molar-refractivity contribution in [3.8, 4) is 0 Å². The molecule has 86 valence electrons. The van der Waals surface area contributed by atoms with Gasteiger partial charge in [0.25, 0.3) is 0 Å². The quantitative estimate of drug-likeness (QED) is 0.588. The topological polar surface area (TPSA) is 91.4 Å². The number of hydrogen-bond donors (Lipinski definition) is 4. The first-order chi connectivity index (χ1) is 7.72. The van der Waals surface area contributed by atoms with Gasteiger partial charge in [0.2, 0.25) is 0 Å². The molecule has 1 heterocycles. The lowest BCUT2D eigenvalue weighted by Gasteiger charge is -2.11. The Hall–Kier alpha value is -1.37. The summed E-state index contributed by atoms with van der Waals surface area (Å²) in [5, 5.41) is 21.0. The molecule has 1 aromatic heterocycles. The molecule has 0 aliphatic rings. The zero-order chi connectivity index (χ0) is 11.5. The second-order valence-electron chi connectivity index (χ2n) is 3.45. The Morgan fingerprint density at radius 1 is 1.50 bits per heavy atom. The number of anilines is 2. The largest absolute Gasteiger partial charge is 0.398 e. The first-order valence-corrected chi connectivity index (χ1v) is 5.75. The number of nitrogen functional groups attached to an aromatic ring is 1. The molecule has 0 aliphatic carbocycles. The molecule has 0 saturated carbocycles. The number of nitrogens with one attached hydrogen (secondary N) is 1. The van der Waals surface area contributed by atoms with Crippen LogP contribution in [0.15, 0.2) is 17.6 Å². The average Bonchev–Trinajstić information content (AvgIpc) is 2.77. The summed E-state index contributed by atoms with van der Waals surface area (Å²) >= 11 is 1.48. The minimum absolute atomic E-state index is 0.262. The van der Waals surface area contributed by atoms with Crippen LogP contribution in [0.1, 0.15) is 0 Å². The van der Waals surface area contributed by atoms with Crippen LogP contribution in [0.4, 0.5) is 11.4 Å². The molecule has 2 aromatic rings. The second kappa shape index (κ2) is 4.65. The summed E-state index contributed by atoms with van der Waals surface area (Å²) in [4.78, 5) is 4.22. The minimum atomic E-state index is -0.772. The Labute approximate surface area is 96.5 Å². The lowest BCUT2D eigenvalue weighted by Crippen LogP contribution is -2.23. The maximum absolute atomic E-state index is 9.24. The molecule has 16 heavy (non-hydrogen) atoms. The van der Waals surface area contributed by atoms with Crippen LogP contribution in [0.3, 0.4) is 0 Å². The normalized spacial score (nSPS) is 12.9. The highest BCUT2D eigenvalue weighted by Crippen LogP contribution is 2.30. The van der Waals surface area contributed by atoms with Gasteiger partial charge < -0.3 is 21.3 Å². The summed E-state index contributed by atoms with van der Waals surface area (Å²) in [5.41, 5.74) is 9.85. The Morgan fingerprint density at radius 2 is 2.31 bits per heavy atom. The number of nitrogens with two attached hydrogens (primary N) is 1. The number of aliphatic hydroxyl groups is 2. The fourth-order valence-electron chi connectivity index (χ4n) is 1.41. The Kier molecular flexibility index (Phi) is 3.23. The number of rotatable bonds is 4. The number of aliphatic hydroxyl groups excluding tert-OH is 2. The van der Waals surface area contributed by atoms with E-state index in [1.807, 2.05) is 6.07 Å². The molecule has 6 heteroatoms. The first kappa shape index (κ1) is 11.1. The van der Waals surface area contributed by atoms with Crippen LogP contribution < -0.4 is 11.1 Å². The standard InChI is InChI=1S/C10H13N3O2S/c11-7-1-2-8(12-3-6(15)4-14)9-10(7)16-5-13-9/h1-2,5-6,12,14-15H,3-4,11H2. The summed E-state index contributed by atoms with van der Waals surface area (Å²) in [6.45, 7) is 0.0230. The van der Waals surface area contributed by atoms with Crippen LogP contribution in [0, 0.1) is 0 Å². The van der Waals surface area contributed by atoms with Crippen molar-refractivity contribution in [2.45, 2.75) is 6.10 Å². The molecule has 5 N–H and O–H groups in total. The number of benzene rings is 1. The van der Waals surface area contributed by atoms with Crippen LogP contribution in [-0.4, -0.2) is 34.5 Å². The van der Waals surface area contributed by atoms with Gasteiger partial charge >= 0.3 is 0 Å². The average molecular weight is 239 g/mol. The van der Waals surface area contributed by atoms with Crippen LogP contribution in [0.5, 0.6) is 0 Å². The third-order valence-electron chi connectivity index (χ3n) is 2.25. The number of nitrogens with zero attached hydrogens (tertiary/aromatic N) is 1. The Bertz CT molecular complexity index is 486. The van der Waals surface area contributed by atoms with Gasteiger partial charge in [0.1, 0.15) is 5.52 Å². The zero-order valence-electron chi connectivity index (χ0n) is 8.55. The van der Waals surface area contributed by atoms with Crippen molar-refractivity contribution in [2.24, 2.45) is 0 Å². The number of hydrogen-bond acceptors (Lipinski definition) is 6. The molecule has 5 nitrogen and oxygen atoms in total. The third kappa shape index (κ3) is 2.08. The molecule has 2 rings (SSSR count). The van der Waals surface area contributed by atoms with Crippen molar-refractivity contribution in [3.05, 3.63) is 17.6 Å². The fraction of sp³-hybridized carbons (Fsp3) is 0.300. The molecule has 0 radical (unpaired) electrons. The predicted molar refractivity (Wildman–Crippen MR) is 65.6 cm³/mol. The molecular weight excluding hydrogens is 226 g/mol. The summed E-state index contributed by atoms with van der Waals surface area (Å²) in [6, 6.07) is 3.62. The Balaban J connectivity index is 2.24. The molecule has 0 aliphatic heterocycles. The van der Waals surface area contributed by atoms with Gasteiger partial charge in [-0.15, -0.1) is 11.3 Å². The van der Waals surface area contributed by atoms with E-state index in [2.05, 4.69) is 10.3 Å². The Morgan fingerprint density at radius 3 is 3.06 bits per heavy atom. The summed E-state index contributed by atoms with van der Waals surface area (Å²) in [6.07, 6.45) is -0.772. The second-order valence-corrected chi connectivity index (χ2v) is 4.30. The highest BCUT2D eigenvalue weighted by Gasteiger charge is 2.08. The van der Waals surface area contributed by atoms with Crippen molar-refractivity contribution >= 4 is 32.9 Å². The predicted octanol–water partition coefficient (Wildman–Crippen LogP) is 0.644. The van der Waals surface area contributed by atoms with Crippen LogP contribution in [-0.2, 0) is 0 Å². The lowest BCUT2D eigenvalue weighted by atomic mass is 10.2. The van der Waals surface area contributed by atoms with E-state index < -0.39 is 6.10 Å². The highest BCUT2D eigenvalue weighted by atomic mass is 32.1. The van der Waals surface area contributed by atoms with Gasteiger partial charge in [0, 0.05) is 6.54 Å². The SMILES string of the molecule is Nc1ccc(NCC(O)CO)c2ncsc12. The van der Waals surface area contributed by atoms with E-state index in [1.54, 1.807) is 11.6 Å². The summed E-state index contributed by atoms with van der Waals surface area (Å²) in [5.74, 6) is 0. The molecule has 0 spiro atoms. The van der Waals surface area contributed by atoms with Gasteiger partial charge in [-0.05, 0) is 12.1 Å². The fourth-order valence-corrected chi connectivity index (χ4v) is 2.15. The van der Waals surface area contributed by atoms with E-state index in [4.69, 9.17) is 10.8 Å². The van der Waals surface area contributed by atoms with Gasteiger partial charge in [0.15, 0.2) is 0 Å². The van der Waals surface area contributed by atoms with Crippen molar-refractivity contribution in [2.75, 3.05) is 24.2 Å². The van der Waals surface area contributed by atoms with E-state index in [1.165, 1.54) is 11.3 Å². The molecular formula is C10H13N3O2S. The molecule has 1 unspecified atom stereocenters. The molecule has 0 amide bonds. The zero-order valence-corrected chi connectivity index (χ0v) is 9.37. The number of fused-ring (bicyclic) bond motifs is 1. The number of thiazole rings is 1. The first-order valence-electron chi connectivity index (χ1n) is 4.87. The molecule has 1 aromatic carbocycles. The third-order valence-corrected chi connectivity index (χ3v) is 3.13. The van der Waals surface area contributed by atoms with Crippen molar-refractivity contribution in [1.82, 2.24) is 4.98 Å². The van der Waals surface area contributed by atoms with E-state index in [0.29, 0.717) is 5.69 Å². The van der Waals surface area contributed by atoms with E-state index in [9.17, 15) is 5.11 Å². The van der Waals surface area contributed by atoms with Gasteiger partial charge in [-0.3, -0.25) is 0 Å². The van der Waals surface area contributed by atoms with E-state index in [-0.39, 0.29) is 13.2 Å². The van der Waals surface area contributed by atoms with Gasteiger partial charge in [-0.1, -0.05) is 0 Å². The number of aromatic nitrogens is 1. The molecule has 0 fully saturated rings. The van der Waals surface area contributed by atoms with Crippen LogP contribution in [0.2, 0.25) is 0 Å². The van der Waals surface area contributed by atoms with Crippen molar-refractivity contribution < 1.29 is 10.2 Å². The van der Waals surface area contributed by atoms with Crippen LogP contribution in [0.25, 0.3) is 10.2 Å². The van der Waals surface area contributed by atoms with Gasteiger partial charge in [0.05, 0.1) is 34.3 Å². The maximum Gasteiger partial charge on any atom is 0.106 e. The van der Waals surface area contributed by atoms with Crippen molar-refractivity contribution in [3.63, 3.8) is 0 Å². The summed E-state index contributed by atoms with van der Waals surface area (Å²) in [7, 11) is 0. The van der Waals surface area contributed by atoms with Gasteiger partial charge in [-0.2, -0.15) is 0 Å². The smallest absolute Gasteiger partial charge is 0.106 e. The molecule has 0 saturated heterocycles. The van der Waals surface area contributed by atoms with Crippen LogP contribution >= 0.6 is 11.3 Å². The summed E-state index contributed by atoms with van der Waals surface area (Å²) < 4.78 is 0.934. The van der Waals surface area contributed by atoms with Gasteiger partial charge in [-0.25, -0.2) is 4.98 Å². The highest BCUT2D eigenvalue weighted by molar-refractivity contribution is 7.17. The monoisotopic (exact) mass is 239 g/mol. The van der Waals surface area contributed by atoms with E-state index in [0.717, 1.165) is 15.9 Å². The minimum Gasteiger partial charge on any atom is -0.398 e. The molecule has 1 atom stereocenters.